The third-order valence-corrected chi connectivity index (χ3v) is 3.44. The molecule has 1 aliphatic heterocycles. The molecule has 2 aromatic rings. The molecule has 3 atom stereocenters. The van der Waals surface area contributed by atoms with Gasteiger partial charge in [0.05, 0.1) is 11.9 Å². The Morgan fingerprint density at radius 2 is 1.83 bits per heavy atom. The molecule has 0 saturated carbocycles. The number of nitrogens with two attached hydrogens (primary N) is 1. The summed E-state index contributed by atoms with van der Waals surface area (Å²) in [5.41, 5.74) is 5.21. The number of aromatic amines is 1. The van der Waals surface area contributed by atoms with Gasteiger partial charge in [-0.1, -0.05) is 18.2 Å². The summed E-state index contributed by atoms with van der Waals surface area (Å²) in [5.74, 6) is -0.708. The number of rotatable bonds is 2. The van der Waals surface area contributed by atoms with Crippen LogP contribution in [0.4, 0.5) is 11.5 Å². The zero-order chi connectivity index (χ0) is 22.7. The van der Waals surface area contributed by atoms with Gasteiger partial charge in [0.15, 0.2) is 18.1 Å². The molecule has 3 rings (SSSR count). The summed E-state index contributed by atoms with van der Waals surface area (Å²) in [6, 6.07) is 9.15. The number of hydrogen-bond donors (Lipinski definition) is 6. The van der Waals surface area contributed by atoms with Crippen LogP contribution in [0.3, 0.4) is 0 Å². The number of carbonyl (C=O) groups is 1. The fourth-order valence-corrected chi connectivity index (χ4v) is 2.15. The van der Waals surface area contributed by atoms with Crippen molar-refractivity contribution >= 4 is 54.6 Å². The van der Waals surface area contributed by atoms with Gasteiger partial charge in [-0.25, -0.2) is 4.98 Å². The van der Waals surface area contributed by atoms with Crippen LogP contribution in [0.2, 0.25) is 0 Å². The summed E-state index contributed by atoms with van der Waals surface area (Å²) in [4.78, 5) is 27.8. The van der Waals surface area contributed by atoms with Crippen molar-refractivity contribution in [2.75, 3.05) is 5.73 Å². The molecule has 0 bridgehead atoms. The van der Waals surface area contributed by atoms with Gasteiger partial charge in [-0.05, 0) is 26.0 Å². The third kappa shape index (κ3) is 9.35. The van der Waals surface area contributed by atoms with E-state index in [9.17, 15) is 14.7 Å². The van der Waals surface area contributed by atoms with Crippen LogP contribution in [0.1, 0.15) is 12.7 Å². The SMILES string of the molecule is CC1NC(=O)C(O)C(N=Nc2ccccc2)N1.Cc1nc(N)c(O)c(=O)[nH]1.I[I-]I. The average Bonchev–Trinajstić information content (AvgIpc) is 2.69. The number of H-pyrrole nitrogens is 1. The van der Waals surface area contributed by atoms with Gasteiger partial charge in [0.2, 0.25) is 5.75 Å². The van der Waals surface area contributed by atoms with Gasteiger partial charge < -0.3 is 26.2 Å². The number of carbonyl (C=O) groups excluding carboxylic acids is 1. The first-order valence-corrected chi connectivity index (χ1v) is 20.9. The second-order valence-electron chi connectivity index (χ2n) is 5.78. The Bertz CT molecular complexity index is 898. The Hall–Kier alpha value is -1.12. The van der Waals surface area contributed by atoms with E-state index in [0.29, 0.717) is 24.8 Å². The molecule has 2 heterocycles. The average molecular weight is 756 g/mol. The van der Waals surface area contributed by atoms with E-state index in [1.165, 1.54) is 0 Å². The minimum absolute atomic E-state index is 0.138. The van der Waals surface area contributed by atoms with Crippen molar-refractivity contribution in [2.24, 2.45) is 10.2 Å². The number of nitrogens with zero attached hydrogens (tertiary/aromatic N) is 3. The zero-order valence-corrected chi connectivity index (χ0v) is 22.4. The first kappa shape index (κ1) is 26.9. The Morgan fingerprint density at radius 1 is 1.23 bits per heavy atom. The second-order valence-corrected chi connectivity index (χ2v) is 22.0. The molecule has 1 aromatic heterocycles. The van der Waals surface area contributed by atoms with E-state index in [1.54, 1.807) is 26.0 Å². The number of anilines is 1. The fraction of sp³-hybridized carbons (Fsp3) is 0.312. The third-order valence-electron chi connectivity index (χ3n) is 3.44. The number of hydrogen-bond acceptors (Lipinski definition) is 9. The summed E-state index contributed by atoms with van der Waals surface area (Å²) in [5, 5.41) is 31.8. The predicted molar refractivity (Wildman–Crippen MR) is 125 cm³/mol. The van der Waals surface area contributed by atoms with Crippen molar-refractivity contribution in [2.45, 2.75) is 32.3 Å². The summed E-state index contributed by atoms with van der Waals surface area (Å²) in [6.07, 6.45) is -2.15. The van der Waals surface area contributed by atoms with E-state index in [-0.39, 0.29) is 12.0 Å². The van der Waals surface area contributed by atoms with Gasteiger partial charge in [0.25, 0.3) is 11.5 Å². The van der Waals surface area contributed by atoms with Gasteiger partial charge in [0, 0.05) is 0 Å². The number of aliphatic hydroxyl groups is 1. The molecule has 30 heavy (non-hydrogen) atoms. The molecular weight excluding hydrogens is 735 g/mol. The monoisotopic (exact) mass is 756 g/mol. The van der Waals surface area contributed by atoms with Gasteiger partial charge in [-0.2, -0.15) is 10.2 Å². The van der Waals surface area contributed by atoms with Gasteiger partial charge in [-0.3, -0.25) is 14.9 Å². The van der Waals surface area contributed by atoms with Crippen molar-refractivity contribution in [1.82, 2.24) is 20.6 Å². The molecule has 0 radical (unpaired) electrons. The Balaban J connectivity index is 0.000000294. The number of aromatic hydroxyl groups is 1. The predicted octanol–water partition coefficient (Wildman–Crippen LogP) is -1.34. The summed E-state index contributed by atoms with van der Waals surface area (Å²) < 4.78 is 0. The minimum atomic E-state index is -1.21. The van der Waals surface area contributed by atoms with Crippen LogP contribution in [-0.4, -0.2) is 44.5 Å². The molecule has 1 aromatic carbocycles. The molecule has 1 amide bonds. The molecule has 1 aliphatic rings. The number of halogens is 3. The number of nitrogens with one attached hydrogen (secondary N) is 3. The van der Waals surface area contributed by atoms with Crippen molar-refractivity contribution < 1.29 is 28.3 Å². The van der Waals surface area contributed by atoms with Gasteiger partial charge in [0.1, 0.15) is 5.82 Å². The molecule has 3 unspecified atom stereocenters. The molecular formula is C16H21I3N7O4-. The number of nitrogen functional groups attached to an aromatic ring is 1. The topological polar surface area (TPSA) is 178 Å². The van der Waals surface area contributed by atoms with E-state index < -0.39 is 29.5 Å². The quantitative estimate of drug-likeness (QED) is 0.163. The number of benzene rings is 1. The molecule has 0 spiro atoms. The Morgan fingerprint density at radius 3 is 2.40 bits per heavy atom. The first-order valence-electron chi connectivity index (χ1n) is 8.32. The van der Waals surface area contributed by atoms with Crippen LogP contribution in [-0.2, 0) is 4.79 Å². The van der Waals surface area contributed by atoms with Crippen LogP contribution in [0.5, 0.6) is 5.75 Å². The number of aromatic nitrogens is 2. The normalized spacial score (nSPS) is 20.6. The zero-order valence-electron chi connectivity index (χ0n) is 15.9. The molecule has 14 heteroatoms. The number of azo groups is 1. The van der Waals surface area contributed by atoms with Crippen molar-refractivity contribution in [3.05, 3.63) is 46.5 Å². The summed E-state index contributed by atoms with van der Waals surface area (Å²) in [6.45, 7) is 3.35. The molecule has 11 nitrogen and oxygen atoms in total. The number of aliphatic hydroxyl groups excluding tert-OH is 1. The van der Waals surface area contributed by atoms with Crippen molar-refractivity contribution in [1.29, 1.82) is 0 Å². The fourth-order valence-electron chi connectivity index (χ4n) is 2.15. The number of amides is 1. The van der Waals surface area contributed by atoms with E-state index in [4.69, 9.17) is 10.8 Å². The van der Waals surface area contributed by atoms with Gasteiger partial charge >= 0.3 is 50.5 Å². The first-order chi connectivity index (χ1) is 14.2. The Labute approximate surface area is 202 Å². The van der Waals surface area contributed by atoms with E-state index >= 15 is 0 Å². The number of aryl methyl sites for hydroxylation is 1. The van der Waals surface area contributed by atoms with Crippen molar-refractivity contribution in [3.63, 3.8) is 0 Å². The van der Waals surface area contributed by atoms with E-state index in [0.717, 1.165) is 0 Å². The van der Waals surface area contributed by atoms with Crippen LogP contribution in [0.25, 0.3) is 0 Å². The Kier molecular flexibility index (Phi) is 12.6. The van der Waals surface area contributed by atoms with Crippen molar-refractivity contribution in [3.8, 4) is 5.75 Å². The molecule has 1 saturated heterocycles. The van der Waals surface area contributed by atoms with E-state index in [2.05, 4.69) is 68.1 Å². The van der Waals surface area contributed by atoms with Crippen LogP contribution >= 0.6 is 37.2 Å². The van der Waals surface area contributed by atoms with Crippen LogP contribution < -0.4 is 35.2 Å². The van der Waals surface area contributed by atoms with Crippen LogP contribution in [0, 0.1) is 6.92 Å². The standard InChI is InChI=1S/C11H14N4O2.C5H7N3O2.I3/c1-7-12-10(9(16)11(17)13-7)15-14-8-5-3-2-4-6-8;1-2-7-4(6)3(9)5(10)8-2;1-3-2/h2-7,9-10,12,16H,1H3,(H,13,17);9H,1H3,(H3,6,7,8,10);/q;;-1. The molecule has 1 fully saturated rings. The van der Waals surface area contributed by atoms with E-state index in [1.807, 2.05) is 18.2 Å². The molecule has 166 valence electrons. The van der Waals surface area contributed by atoms with Gasteiger partial charge in [-0.15, -0.1) is 0 Å². The maximum atomic E-state index is 11.3. The molecule has 0 aliphatic carbocycles. The maximum absolute atomic E-state index is 11.3. The summed E-state index contributed by atoms with van der Waals surface area (Å²) in [7, 11) is 0. The van der Waals surface area contributed by atoms with Crippen LogP contribution in [0.15, 0.2) is 45.4 Å². The second kappa shape index (κ2) is 14.0. The summed E-state index contributed by atoms with van der Waals surface area (Å²) >= 11 is 5.30. The molecule has 7 N–H and O–H groups in total.